The molecule has 4 rings (SSSR count). The van der Waals surface area contributed by atoms with Crippen LogP contribution in [0.1, 0.15) is 39.8 Å². The van der Waals surface area contributed by atoms with Gasteiger partial charge < -0.3 is 9.67 Å². The summed E-state index contributed by atoms with van der Waals surface area (Å²) in [6.45, 7) is 5.82. The van der Waals surface area contributed by atoms with Crippen LogP contribution in [0.4, 0.5) is 5.69 Å². The molecule has 2 aromatic carbocycles. The lowest BCUT2D eigenvalue weighted by Crippen LogP contribution is -2.54. The van der Waals surface area contributed by atoms with Crippen LogP contribution in [0, 0.1) is 13.8 Å². The number of anilines is 1. The van der Waals surface area contributed by atoms with Crippen molar-refractivity contribution in [2.75, 3.05) is 4.90 Å². The van der Waals surface area contributed by atoms with E-state index < -0.39 is 17.8 Å². The normalized spacial score (nSPS) is 15.1. The van der Waals surface area contributed by atoms with E-state index in [-0.39, 0.29) is 16.2 Å². The van der Waals surface area contributed by atoms with Crippen molar-refractivity contribution in [1.82, 2.24) is 9.88 Å². The molecule has 0 aliphatic carbocycles. The summed E-state index contributed by atoms with van der Waals surface area (Å²) in [6, 6.07) is 15.9. The molecule has 7 nitrogen and oxygen atoms in total. The molecule has 1 saturated heterocycles. The Hall–Kier alpha value is -4.04. The number of hydrogen-bond donors (Lipinski definition) is 2. The zero-order valence-corrected chi connectivity index (χ0v) is 19.8. The monoisotopic (exact) mass is 473 g/mol. The molecule has 1 aliphatic rings. The average molecular weight is 474 g/mol. The summed E-state index contributed by atoms with van der Waals surface area (Å²) in [5.74, 6) is -2.03. The Balaban J connectivity index is 1.72. The summed E-state index contributed by atoms with van der Waals surface area (Å²) < 4.78 is 1.94. The van der Waals surface area contributed by atoms with Gasteiger partial charge in [0, 0.05) is 17.1 Å². The first kappa shape index (κ1) is 23.1. The Morgan fingerprint density at radius 3 is 2.24 bits per heavy atom. The Morgan fingerprint density at radius 2 is 1.65 bits per heavy atom. The third-order valence-electron chi connectivity index (χ3n) is 5.85. The van der Waals surface area contributed by atoms with Crippen LogP contribution in [0.2, 0.25) is 0 Å². The summed E-state index contributed by atoms with van der Waals surface area (Å²) in [6.07, 6.45) is 2.44. The zero-order chi connectivity index (χ0) is 24.6. The number of hydrogen-bond acceptors (Lipinski definition) is 4. The summed E-state index contributed by atoms with van der Waals surface area (Å²) in [5.41, 5.74) is 5.05. The molecular weight excluding hydrogens is 450 g/mol. The lowest BCUT2D eigenvalue weighted by molar-refractivity contribution is -0.122. The van der Waals surface area contributed by atoms with E-state index >= 15 is 0 Å². The minimum Gasteiger partial charge on any atom is -0.478 e. The van der Waals surface area contributed by atoms with Crippen molar-refractivity contribution in [3.05, 3.63) is 88.2 Å². The van der Waals surface area contributed by atoms with Crippen molar-refractivity contribution in [2.45, 2.75) is 27.2 Å². The van der Waals surface area contributed by atoms with Gasteiger partial charge in [-0.1, -0.05) is 19.1 Å². The van der Waals surface area contributed by atoms with E-state index in [1.165, 1.54) is 17.0 Å². The van der Waals surface area contributed by atoms with Gasteiger partial charge >= 0.3 is 5.97 Å². The van der Waals surface area contributed by atoms with Crippen molar-refractivity contribution >= 4 is 46.9 Å². The Kier molecular flexibility index (Phi) is 6.17. The molecule has 1 aliphatic heterocycles. The molecule has 0 saturated carbocycles. The minimum absolute atomic E-state index is 0.0188. The SMILES string of the molecule is CCc1ccc(N2C(=O)/C(=C/c3cc(C)n(-c4ccc(C(=O)O)cc4)c3C)C(=O)NC2=S)cc1. The number of carbonyl (C=O) groups is 3. The van der Waals surface area contributed by atoms with E-state index in [2.05, 4.69) is 5.32 Å². The number of amides is 2. The molecule has 2 N–H and O–H groups in total. The number of nitrogens with zero attached hydrogens (tertiary/aromatic N) is 2. The van der Waals surface area contributed by atoms with E-state index in [9.17, 15) is 14.4 Å². The van der Waals surface area contributed by atoms with Gasteiger partial charge in [-0.05, 0) is 92.2 Å². The van der Waals surface area contributed by atoms with E-state index in [1.54, 1.807) is 18.2 Å². The van der Waals surface area contributed by atoms with Crippen LogP contribution in [-0.4, -0.2) is 32.6 Å². The Bertz CT molecular complexity index is 1350. The fourth-order valence-electron chi connectivity index (χ4n) is 4.01. The van der Waals surface area contributed by atoms with E-state index in [4.69, 9.17) is 17.3 Å². The molecule has 0 atom stereocenters. The number of rotatable bonds is 5. The second kappa shape index (κ2) is 9.07. The van der Waals surface area contributed by atoms with Gasteiger partial charge in [0.15, 0.2) is 5.11 Å². The average Bonchev–Trinajstić information content (AvgIpc) is 3.09. The van der Waals surface area contributed by atoms with Crippen molar-refractivity contribution in [1.29, 1.82) is 0 Å². The maximum absolute atomic E-state index is 13.3. The molecule has 3 aromatic rings. The van der Waals surface area contributed by atoms with Gasteiger partial charge in [0.25, 0.3) is 11.8 Å². The van der Waals surface area contributed by atoms with Crippen LogP contribution in [0.15, 0.2) is 60.2 Å². The molecule has 0 bridgehead atoms. The number of carboxylic acid groups (broad SMARTS) is 1. The first-order valence-corrected chi connectivity index (χ1v) is 11.1. The zero-order valence-electron chi connectivity index (χ0n) is 19.0. The van der Waals surface area contributed by atoms with Gasteiger partial charge in [-0.25, -0.2) is 4.79 Å². The molecular formula is C26H23N3O4S. The fourth-order valence-corrected chi connectivity index (χ4v) is 4.29. The van der Waals surface area contributed by atoms with E-state index in [1.807, 2.05) is 55.7 Å². The Morgan fingerprint density at radius 1 is 1.03 bits per heavy atom. The number of benzene rings is 2. The first-order valence-electron chi connectivity index (χ1n) is 10.7. The topological polar surface area (TPSA) is 91.6 Å². The van der Waals surface area contributed by atoms with Crippen molar-refractivity contribution in [3.63, 3.8) is 0 Å². The lowest BCUT2D eigenvalue weighted by atomic mass is 10.1. The highest BCUT2D eigenvalue weighted by molar-refractivity contribution is 7.80. The molecule has 172 valence electrons. The maximum atomic E-state index is 13.3. The van der Waals surface area contributed by atoms with Crippen molar-refractivity contribution < 1.29 is 19.5 Å². The van der Waals surface area contributed by atoms with Crippen LogP contribution in [0.3, 0.4) is 0 Å². The number of thiocarbonyl (C=S) groups is 1. The Labute approximate surface area is 202 Å². The van der Waals surface area contributed by atoms with Gasteiger partial charge in [0.1, 0.15) is 5.57 Å². The quantitative estimate of drug-likeness (QED) is 0.329. The number of aryl methyl sites for hydroxylation is 2. The van der Waals surface area contributed by atoms with Gasteiger partial charge in [-0.15, -0.1) is 0 Å². The van der Waals surface area contributed by atoms with Gasteiger partial charge in [-0.3, -0.25) is 19.8 Å². The van der Waals surface area contributed by atoms with Gasteiger partial charge in [0.05, 0.1) is 11.3 Å². The molecule has 0 unspecified atom stereocenters. The summed E-state index contributed by atoms with van der Waals surface area (Å²) in [4.78, 5) is 38.5. The second-order valence-corrected chi connectivity index (χ2v) is 8.38. The van der Waals surface area contributed by atoms with Gasteiger partial charge in [-0.2, -0.15) is 0 Å². The van der Waals surface area contributed by atoms with Crippen LogP contribution in [0.5, 0.6) is 0 Å². The van der Waals surface area contributed by atoms with Crippen LogP contribution in [-0.2, 0) is 16.0 Å². The molecule has 2 amide bonds. The predicted molar refractivity (Wildman–Crippen MR) is 134 cm³/mol. The largest absolute Gasteiger partial charge is 0.478 e. The standard InChI is InChI=1S/C26H23N3O4S/c1-4-17-5-9-21(10-6-17)29-24(31)22(23(30)27-26(29)34)14-19-13-15(2)28(16(19)3)20-11-7-18(8-12-20)25(32)33/h5-14H,4H2,1-3H3,(H,32,33)(H,27,30,34)/b22-14+. The van der Waals surface area contributed by atoms with Crippen molar-refractivity contribution in [3.8, 4) is 5.69 Å². The van der Waals surface area contributed by atoms with Gasteiger partial charge in [0.2, 0.25) is 0 Å². The molecule has 34 heavy (non-hydrogen) atoms. The fraction of sp³-hybridized carbons (Fsp3) is 0.154. The number of carboxylic acids is 1. The summed E-state index contributed by atoms with van der Waals surface area (Å²) in [7, 11) is 0. The van der Waals surface area contributed by atoms with E-state index in [0.717, 1.165) is 29.1 Å². The highest BCUT2D eigenvalue weighted by atomic mass is 32.1. The number of nitrogens with one attached hydrogen (secondary N) is 1. The highest BCUT2D eigenvalue weighted by Gasteiger charge is 2.34. The molecule has 8 heteroatoms. The molecule has 0 radical (unpaired) electrons. The second-order valence-electron chi connectivity index (χ2n) is 7.99. The van der Waals surface area contributed by atoms with Crippen LogP contribution in [0.25, 0.3) is 11.8 Å². The third-order valence-corrected chi connectivity index (χ3v) is 6.13. The molecule has 0 spiro atoms. The summed E-state index contributed by atoms with van der Waals surface area (Å²) >= 11 is 5.29. The molecule has 2 heterocycles. The highest BCUT2D eigenvalue weighted by Crippen LogP contribution is 2.26. The number of aromatic nitrogens is 1. The number of aromatic carboxylic acids is 1. The van der Waals surface area contributed by atoms with E-state index in [0.29, 0.717) is 11.3 Å². The molecule has 1 aromatic heterocycles. The maximum Gasteiger partial charge on any atom is 0.335 e. The van der Waals surface area contributed by atoms with Crippen molar-refractivity contribution in [2.24, 2.45) is 0 Å². The lowest BCUT2D eigenvalue weighted by Gasteiger charge is -2.29. The predicted octanol–water partition coefficient (Wildman–Crippen LogP) is 4.19. The molecule has 1 fully saturated rings. The minimum atomic E-state index is -0.994. The van der Waals surface area contributed by atoms with Crippen LogP contribution >= 0.6 is 12.2 Å². The first-order chi connectivity index (χ1) is 16.2. The number of carbonyl (C=O) groups excluding carboxylic acids is 2. The van der Waals surface area contributed by atoms with Crippen LogP contribution < -0.4 is 10.2 Å². The smallest absolute Gasteiger partial charge is 0.335 e. The summed E-state index contributed by atoms with van der Waals surface area (Å²) in [5, 5.41) is 11.8. The third kappa shape index (κ3) is 4.15.